The van der Waals surface area contributed by atoms with E-state index in [0.717, 1.165) is 27.8 Å². The lowest BCUT2D eigenvalue weighted by Crippen LogP contribution is -2.35. The summed E-state index contributed by atoms with van der Waals surface area (Å²) in [5, 5.41) is 8.05. The normalized spacial score (nSPS) is 10.9. The van der Waals surface area contributed by atoms with Crippen molar-refractivity contribution in [3.63, 3.8) is 0 Å². The van der Waals surface area contributed by atoms with Gasteiger partial charge in [0.1, 0.15) is 6.33 Å². The van der Waals surface area contributed by atoms with E-state index in [9.17, 15) is 14.4 Å². The second kappa shape index (κ2) is 10.2. The molecule has 1 heterocycles. The van der Waals surface area contributed by atoms with Gasteiger partial charge in [0, 0.05) is 29.5 Å². The second-order valence-electron chi connectivity index (χ2n) is 8.58. The number of carbonyl (C=O) groups is 3. The molecule has 3 aromatic carbocycles. The Bertz CT molecular complexity index is 1390. The summed E-state index contributed by atoms with van der Waals surface area (Å²) in [4.78, 5) is 41.2. The van der Waals surface area contributed by atoms with Crippen LogP contribution >= 0.6 is 0 Å². The lowest BCUT2D eigenvalue weighted by molar-refractivity contribution is -0.136. The summed E-state index contributed by atoms with van der Waals surface area (Å²) < 4.78 is 1.99. The summed E-state index contributed by atoms with van der Waals surface area (Å²) in [6.45, 7) is 5.61. The maximum Gasteiger partial charge on any atom is 0.313 e. The van der Waals surface area contributed by atoms with Crippen LogP contribution in [-0.4, -0.2) is 27.3 Å². The van der Waals surface area contributed by atoms with Crippen LogP contribution in [0.15, 0.2) is 73.1 Å². The fraction of sp³-hybridized carbons (Fsp3) is 0.185. The highest BCUT2D eigenvalue weighted by Crippen LogP contribution is 2.21. The smallest absolute Gasteiger partial charge is 0.313 e. The Kier molecular flexibility index (Phi) is 6.91. The number of fused-ring (bicyclic) bond motifs is 1. The van der Waals surface area contributed by atoms with E-state index in [2.05, 4.69) is 20.9 Å². The molecule has 0 aliphatic rings. The second-order valence-corrected chi connectivity index (χ2v) is 8.58. The number of hydrogen-bond acceptors (Lipinski definition) is 4. The minimum Gasteiger partial charge on any atom is -0.344 e. The highest BCUT2D eigenvalue weighted by molar-refractivity contribution is 6.39. The van der Waals surface area contributed by atoms with Crippen LogP contribution < -0.4 is 16.0 Å². The average molecular weight is 470 g/mol. The number of amides is 3. The fourth-order valence-electron chi connectivity index (χ4n) is 3.50. The van der Waals surface area contributed by atoms with E-state index in [0.29, 0.717) is 11.4 Å². The van der Waals surface area contributed by atoms with Crippen LogP contribution in [0.3, 0.4) is 0 Å². The first kappa shape index (κ1) is 23.7. The lowest BCUT2D eigenvalue weighted by atomic mass is 10.1. The summed E-state index contributed by atoms with van der Waals surface area (Å²) >= 11 is 0. The van der Waals surface area contributed by atoms with Crippen molar-refractivity contribution in [2.45, 2.75) is 27.3 Å². The molecule has 0 saturated carbocycles. The molecule has 1 aromatic heterocycles. The van der Waals surface area contributed by atoms with Gasteiger partial charge in [-0.15, -0.1) is 0 Å². The third-order valence-corrected chi connectivity index (χ3v) is 5.61. The van der Waals surface area contributed by atoms with Gasteiger partial charge >= 0.3 is 11.8 Å². The van der Waals surface area contributed by atoms with Gasteiger partial charge in [0.2, 0.25) is 5.91 Å². The monoisotopic (exact) mass is 469 g/mol. The van der Waals surface area contributed by atoms with Crippen molar-refractivity contribution in [1.82, 2.24) is 14.9 Å². The van der Waals surface area contributed by atoms with E-state index in [4.69, 9.17) is 0 Å². The molecule has 8 heteroatoms. The molecule has 0 radical (unpaired) electrons. The number of nitrogens with one attached hydrogen (secondary N) is 3. The Morgan fingerprint density at radius 3 is 2.40 bits per heavy atom. The van der Waals surface area contributed by atoms with Crippen LogP contribution in [0.1, 0.15) is 25.0 Å². The highest BCUT2D eigenvalue weighted by atomic mass is 16.2. The van der Waals surface area contributed by atoms with Gasteiger partial charge in [-0.2, -0.15) is 0 Å². The zero-order valence-electron chi connectivity index (χ0n) is 19.8. The molecule has 178 valence electrons. The van der Waals surface area contributed by atoms with E-state index in [1.165, 1.54) is 0 Å². The first-order valence-corrected chi connectivity index (χ1v) is 11.3. The Hall–Kier alpha value is -4.46. The maximum absolute atomic E-state index is 12.4. The number of benzene rings is 3. The van der Waals surface area contributed by atoms with E-state index in [1.807, 2.05) is 60.0 Å². The van der Waals surface area contributed by atoms with Crippen LogP contribution in [0, 0.1) is 12.8 Å². The van der Waals surface area contributed by atoms with Crippen molar-refractivity contribution in [1.29, 1.82) is 0 Å². The number of para-hydroxylation sites is 2. The Balaban J connectivity index is 1.35. The van der Waals surface area contributed by atoms with E-state index >= 15 is 0 Å². The van der Waals surface area contributed by atoms with Gasteiger partial charge in [0.05, 0.1) is 11.0 Å². The number of nitrogens with zero attached hydrogens (tertiary/aromatic N) is 2. The highest BCUT2D eigenvalue weighted by Gasteiger charge is 2.16. The molecule has 0 spiro atoms. The number of aryl methyl sites for hydroxylation is 1. The van der Waals surface area contributed by atoms with E-state index < -0.39 is 11.8 Å². The Labute approximate surface area is 203 Å². The summed E-state index contributed by atoms with van der Waals surface area (Å²) in [6, 6.07) is 20.7. The standard InChI is InChI=1S/C27H27N5O3/c1-17(2)25(33)30-20-11-8-18(3)23(14-20)31-27(35)26(34)28-15-19-9-12-21(13-10-19)32-16-29-22-6-4-5-7-24(22)32/h4-14,16-17H,15H2,1-3H3,(H,28,34)(H,30,33)(H,31,35). The molecule has 0 aliphatic carbocycles. The summed E-state index contributed by atoms with van der Waals surface area (Å²) in [5.41, 5.74) is 5.52. The minimum absolute atomic E-state index is 0.129. The molecule has 8 nitrogen and oxygen atoms in total. The molecule has 4 aromatic rings. The predicted octanol–water partition coefficient (Wildman–Crippen LogP) is 4.18. The average Bonchev–Trinajstić information content (AvgIpc) is 3.29. The SMILES string of the molecule is Cc1ccc(NC(=O)C(C)C)cc1NC(=O)C(=O)NCc1ccc(-n2cnc3ccccc32)cc1. The molecule has 3 N–H and O–H groups in total. The van der Waals surface area contributed by atoms with Gasteiger partial charge in [-0.3, -0.25) is 19.0 Å². The molecule has 4 rings (SSSR count). The Morgan fingerprint density at radius 2 is 1.66 bits per heavy atom. The number of aromatic nitrogens is 2. The van der Waals surface area contributed by atoms with Crippen molar-refractivity contribution in [2.24, 2.45) is 5.92 Å². The molecular weight excluding hydrogens is 442 g/mol. The van der Waals surface area contributed by atoms with Crippen molar-refractivity contribution in [2.75, 3.05) is 10.6 Å². The molecule has 3 amide bonds. The molecule has 0 atom stereocenters. The van der Waals surface area contributed by atoms with Gasteiger partial charge in [0.15, 0.2) is 0 Å². The van der Waals surface area contributed by atoms with Crippen LogP contribution in [0.4, 0.5) is 11.4 Å². The summed E-state index contributed by atoms with van der Waals surface area (Å²) in [5.74, 6) is -1.82. The first-order valence-electron chi connectivity index (χ1n) is 11.3. The molecule has 35 heavy (non-hydrogen) atoms. The molecule has 0 aliphatic heterocycles. The van der Waals surface area contributed by atoms with Gasteiger partial charge in [-0.25, -0.2) is 4.98 Å². The number of hydrogen-bond donors (Lipinski definition) is 3. The summed E-state index contributed by atoms with van der Waals surface area (Å²) in [6.07, 6.45) is 1.77. The number of carbonyl (C=O) groups excluding carboxylic acids is 3. The molecule has 0 bridgehead atoms. The van der Waals surface area contributed by atoms with Crippen LogP contribution in [0.5, 0.6) is 0 Å². The van der Waals surface area contributed by atoms with Gasteiger partial charge in [-0.1, -0.05) is 44.2 Å². The molecule has 0 unspecified atom stereocenters. The number of rotatable bonds is 6. The van der Waals surface area contributed by atoms with Crippen molar-refractivity contribution in [3.05, 3.63) is 84.2 Å². The lowest BCUT2D eigenvalue weighted by Gasteiger charge is -2.13. The fourth-order valence-corrected chi connectivity index (χ4v) is 3.50. The van der Waals surface area contributed by atoms with Gasteiger partial charge in [0.25, 0.3) is 0 Å². The molecule has 0 fully saturated rings. The first-order chi connectivity index (χ1) is 16.8. The van der Waals surface area contributed by atoms with Crippen LogP contribution in [0.25, 0.3) is 16.7 Å². The third kappa shape index (κ3) is 5.55. The molecule has 0 saturated heterocycles. The molecular formula is C27H27N5O3. The van der Waals surface area contributed by atoms with E-state index in [1.54, 1.807) is 38.4 Å². The largest absolute Gasteiger partial charge is 0.344 e. The number of imidazole rings is 1. The van der Waals surface area contributed by atoms with Crippen molar-refractivity contribution < 1.29 is 14.4 Å². The zero-order valence-corrected chi connectivity index (χ0v) is 19.8. The Morgan fingerprint density at radius 1 is 0.914 bits per heavy atom. The van der Waals surface area contributed by atoms with E-state index in [-0.39, 0.29) is 18.4 Å². The topological polar surface area (TPSA) is 105 Å². The van der Waals surface area contributed by atoms with Crippen LogP contribution in [-0.2, 0) is 20.9 Å². The van der Waals surface area contributed by atoms with Crippen molar-refractivity contribution in [3.8, 4) is 5.69 Å². The number of anilines is 2. The minimum atomic E-state index is -0.776. The maximum atomic E-state index is 12.4. The van der Waals surface area contributed by atoms with Crippen LogP contribution in [0.2, 0.25) is 0 Å². The zero-order chi connectivity index (χ0) is 24.9. The van der Waals surface area contributed by atoms with Crippen molar-refractivity contribution >= 4 is 40.1 Å². The van der Waals surface area contributed by atoms with Gasteiger partial charge in [-0.05, 0) is 54.4 Å². The third-order valence-electron chi connectivity index (χ3n) is 5.61. The summed E-state index contributed by atoms with van der Waals surface area (Å²) in [7, 11) is 0. The predicted molar refractivity (Wildman–Crippen MR) is 136 cm³/mol. The quantitative estimate of drug-likeness (QED) is 0.368. The van der Waals surface area contributed by atoms with Gasteiger partial charge < -0.3 is 16.0 Å².